The molecule has 18 heavy (non-hydrogen) atoms. The van der Waals surface area contributed by atoms with Crippen LogP contribution in [0, 0.1) is 6.92 Å². The molecule has 0 bridgehead atoms. The first-order valence-electron chi connectivity index (χ1n) is 5.67. The number of benzene rings is 1. The predicted molar refractivity (Wildman–Crippen MR) is 73.0 cm³/mol. The van der Waals surface area contributed by atoms with Crippen molar-refractivity contribution in [2.45, 2.75) is 26.4 Å². The molecular formula is C13H14Cl2N2O. The number of hydrogen-bond donors (Lipinski definition) is 1. The van der Waals surface area contributed by atoms with E-state index in [1.165, 1.54) is 0 Å². The van der Waals surface area contributed by atoms with Gasteiger partial charge < -0.3 is 9.84 Å². The van der Waals surface area contributed by atoms with Gasteiger partial charge in [-0.05, 0) is 31.5 Å². The number of nitrogens with one attached hydrogen (secondary N) is 1. The molecule has 0 saturated heterocycles. The van der Waals surface area contributed by atoms with Gasteiger partial charge in [0, 0.05) is 18.7 Å². The van der Waals surface area contributed by atoms with Gasteiger partial charge in [-0.15, -0.1) is 0 Å². The molecule has 96 valence electrons. The van der Waals surface area contributed by atoms with Crippen LogP contribution in [0.3, 0.4) is 0 Å². The fraction of sp³-hybridized carbons (Fsp3) is 0.308. The number of aryl methyl sites for hydroxylation is 1. The van der Waals surface area contributed by atoms with E-state index in [1.807, 2.05) is 25.1 Å². The zero-order valence-electron chi connectivity index (χ0n) is 10.2. The van der Waals surface area contributed by atoms with Crippen LogP contribution in [0.5, 0.6) is 0 Å². The Balaban J connectivity index is 1.99. The summed E-state index contributed by atoms with van der Waals surface area (Å²) < 4.78 is 5.01. The molecule has 1 atom stereocenters. The van der Waals surface area contributed by atoms with Crippen LogP contribution in [0.25, 0.3) is 0 Å². The number of nitrogens with zero attached hydrogens (tertiary/aromatic N) is 1. The van der Waals surface area contributed by atoms with Crippen molar-refractivity contribution in [3.63, 3.8) is 0 Å². The minimum atomic E-state index is 0.164. The fourth-order valence-electron chi connectivity index (χ4n) is 1.66. The standard InChI is InChI=1S/C13H14Cl2N2O/c1-8-5-11(17-18-8)7-16-9(2)10-3-4-12(14)13(15)6-10/h3-6,9,16H,7H2,1-2H3. The van der Waals surface area contributed by atoms with E-state index >= 15 is 0 Å². The van der Waals surface area contributed by atoms with Crippen molar-refractivity contribution in [3.05, 3.63) is 51.3 Å². The summed E-state index contributed by atoms with van der Waals surface area (Å²) in [4.78, 5) is 0. The van der Waals surface area contributed by atoms with Crippen LogP contribution in [0.15, 0.2) is 28.8 Å². The van der Waals surface area contributed by atoms with E-state index in [0.717, 1.165) is 17.0 Å². The maximum absolute atomic E-state index is 5.99. The average Bonchev–Trinajstić information content (AvgIpc) is 2.75. The molecule has 1 aromatic heterocycles. The summed E-state index contributed by atoms with van der Waals surface area (Å²) in [6.45, 7) is 4.59. The summed E-state index contributed by atoms with van der Waals surface area (Å²) in [5.41, 5.74) is 1.98. The van der Waals surface area contributed by atoms with Crippen LogP contribution in [-0.4, -0.2) is 5.16 Å². The minimum Gasteiger partial charge on any atom is -0.361 e. The first-order valence-corrected chi connectivity index (χ1v) is 6.42. The van der Waals surface area contributed by atoms with Crippen molar-refractivity contribution in [3.8, 4) is 0 Å². The largest absolute Gasteiger partial charge is 0.361 e. The van der Waals surface area contributed by atoms with Crippen molar-refractivity contribution >= 4 is 23.2 Å². The lowest BCUT2D eigenvalue weighted by atomic mass is 10.1. The molecule has 0 radical (unpaired) electrons. The second-order valence-corrected chi connectivity index (χ2v) is 5.02. The third-order valence-corrected chi connectivity index (χ3v) is 3.45. The third kappa shape index (κ3) is 3.25. The van der Waals surface area contributed by atoms with Crippen LogP contribution < -0.4 is 5.32 Å². The van der Waals surface area contributed by atoms with Crippen LogP contribution in [-0.2, 0) is 6.54 Å². The molecule has 0 aliphatic heterocycles. The molecule has 1 unspecified atom stereocenters. The Hall–Kier alpha value is -1.03. The van der Waals surface area contributed by atoms with Crippen LogP contribution in [0.1, 0.15) is 30.0 Å². The smallest absolute Gasteiger partial charge is 0.133 e. The average molecular weight is 285 g/mol. The summed E-state index contributed by atoms with van der Waals surface area (Å²) in [6.07, 6.45) is 0. The van der Waals surface area contributed by atoms with Crippen molar-refractivity contribution in [2.75, 3.05) is 0 Å². The van der Waals surface area contributed by atoms with E-state index in [0.29, 0.717) is 16.6 Å². The van der Waals surface area contributed by atoms with Crippen LogP contribution >= 0.6 is 23.2 Å². The number of aromatic nitrogens is 1. The molecule has 0 saturated carbocycles. The van der Waals surface area contributed by atoms with Gasteiger partial charge in [-0.25, -0.2) is 0 Å². The van der Waals surface area contributed by atoms with E-state index in [-0.39, 0.29) is 6.04 Å². The van der Waals surface area contributed by atoms with Gasteiger partial charge in [0.2, 0.25) is 0 Å². The van der Waals surface area contributed by atoms with Gasteiger partial charge in [0.15, 0.2) is 0 Å². The van der Waals surface area contributed by atoms with Crippen molar-refractivity contribution in [1.82, 2.24) is 10.5 Å². The maximum atomic E-state index is 5.99. The second kappa shape index (κ2) is 5.74. The number of hydrogen-bond acceptors (Lipinski definition) is 3. The maximum Gasteiger partial charge on any atom is 0.133 e. The highest BCUT2D eigenvalue weighted by Crippen LogP contribution is 2.25. The van der Waals surface area contributed by atoms with Crippen molar-refractivity contribution in [2.24, 2.45) is 0 Å². The molecule has 5 heteroatoms. The lowest BCUT2D eigenvalue weighted by molar-refractivity contribution is 0.386. The first kappa shape index (κ1) is 13.4. The Morgan fingerprint density at radius 3 is 2.67 bits per heavy atom. The van der Waals surface area contributed by atoms with Gasteiger partial charge in [-0.2, -0.15) is 0 Å². The Labute approximate surface area is 116 Å². The van der Waals surface area contributed by atoms with E-state index < -0.39 is 0 Å². The lowest BCUT2D eigenvalue weighted by Gasteiger charge is -2.13. The molecule has 2 aromatic rings. The third-order valence-electron chi connectivity index (χ3n) is 2.71. The summed E-state index contributed by atoms with van der Waals surface area (Å²) in [5, 5.41) is 8.42. The monoisotopic (exact) mass is 284 g/mol. The normalized spacial score (nSPS) is 12.7. The van der Waals surface area contributed by atoms with Crippen LogP contribution in [0.2, 0.25) is 10.0 Å². The SMILES string of the molecule is Cc1cc(CNC(C)c2ccc(Cl)c(Cl)c2)no1. The molecule has 0 aliphatic carbocycles. The molecule has 2 rings (SSSR count). The van der Waals surface area contributed by atoms with Crippen molar-refractivity contribution < 1.29 is 4.52 Å². The summed E-state index contributed by atoms with van der Waals surface area (Å²) in [7, 11) is 0. The summed E-state index contributed by atoms with van der Waals surface area (Å²) >= 11 is 11.9. The second-order valence-electron chi connectivity index (χ2n) is 4.21. The highest BCUT2D eigenvalue weighted by molar-refractivity contribution is 6.42. The van der Waals surface area contributed by atoms with E-state index in [4.69, 9.17) is 27.7 Å². The fourth-order valence-corrected chi connectivity index (χ4v) is 1.97. The van der Waals surface area contributed by atoms with Gasteiger partial charge in [0.1, 0.15) is 5.76 Å². The molecule has 1 N–H and O–H groups in total. The summed E-state index contributed by atoms with van der Waals surface area (Å²) in [6, 6.07) is 7.71. The lowest BCUT2D eigenvalue weighted by Crippen LogP contribution is -2.18. The topological polar surface area (TPSA) is 38.1 Å². The number of halogens is 2. The van der Waals surface area contributed by atoms with Gasteiger partial charge in [0.05, 0.1) is 15.7 Å². The molecule has 0 aliphatic rings. The molecule has 1 aromatic carbocycles. The molecule has 0 spiro atoms. The predicted octanol–water partition coefficient (Wildman–Crippen LogP) is 4.14. The zero-order chi connectivity index (χ0) is 13.1. The Morgan fingerprint density at radius 2 is 2.06 bits per heavy atom. The minimum absolute atomic E-state index is 0.164. The Morgan fingerprint density at radius 1 is 1.28 bits per heavy atom. The van der Waals surface area contributed by atoms with Gasteiger partial charge in [-0.1, -0.05) is 34.4 Å². The number of rotatable bonds is 4. The quantitative estimate of drug-likeness (QED) is 0.917. The van der Waals surface area contributed by atoms with Gasteiger partial charge in [0.25, 0.3) is 0 Å². The zero-order valence-corrected chi connectivity index (χ0v) is 11.7. The highest BCUT2D eigenvalue weighted by Gasteiger charge is 2.08. The first-order chi connectivity index (χ1) is 8.56. The molecule has 0 fully saturated rings. The Bertz CT molecular complexity index is 540. The Kier molecular flexibility index (Phi) is 4.27. The van der Waals surface area contributed by atoms with E-state index in [1.54, 1.807) is 6.07 Å². The highest BCUT2D eigenvalue weighted by atomic mass is 35.5. The molecule has 0 amide bonds. The van der Waals surface area contributed by atoms with Gasteiger partial charge >= 0.3 is 0 Å². The molecule has 1 heterocycles. The molecule has 3 nitrogen and oxygen atoms in total. The molecular weight excluding hydrogens is 271 g/mol. The van der Waals surface area contributed by atoms with E-state index in [9.17, 15) is 0 Å². The van der Waals surface area contributed by atoms with Crippen LogP contribution in [0.4, 0.5) is 0 Å². The van der Waals surface area contributed by atoms with E-state index in [2.05, 4.69) is 17.4 Å². The summed E-state index contributed by atoms with van der Waals surface area (Å²) in [5.74, 6) is 0.814. The van der Waals surface area contributed by atoms with Crippen molar-refractivity contribution in [1.29, 1.82) is 0 Å². The van der Waals surface area contributed by atoms with Gasteiger partial charge in [-0.3, -0.25) is 0 Å².